The maximum absolute atomic E-state index is 12.0. The zero-order chi connectivity index (χ0) is 14.4. The predicted octanol–water partition coefficient (Wildman–Crippen LogP) is 1.44. The summed E-state index contributed by atoms with van der Waals surface area (Å²) in [4.78, 5) is 19.8. The molecule has 0 aliphatic heterocycles. The molecule has 0 bridgehead atoms. The zero-order valence-electron chi connectivity index (χ0n) is 12.1. The molecule has 0 fully saturated rings. The van der Waals surface area contributed by atoms with Crippen molar-refractivity contribution in [1.82, 2.24) is 9.88 Å². The van der Waals surface area contributed by atoms with Crippen LogP contribution in [0.1, 0.15) is 32.4 Å². The van der Waals surface area contributed by atoms with Crippen LogP contribution in [0.5, 0.6) is 0 Å². The van der Waals surface area contributed by atoms with Gasteiger partial charge in [0.15, 0.2) is 0 Å². The van der Waals surface area contributed by atoms with Gasteiger partial charge in [-0.2, -0.15) is 0 Å². The van der Waals surface area contributed by atoms with Gasteiger partial charge in [0.2, 0.25) is 5.91 Å². The van der Waals surface area contributed by atoms with Crippen LogP contribution in [0.4, 0.5) is 5.82 Å². The van der Waals surface area contributed by atoms with Crippen LogP contribution in [0.15, 0.2) is 18.3 Å². The minimum Gasteiger partial charge on any atom is -0.389 e. The number of nitrogens with zero attached hydrogens (tertiary/aromatic N) is 3. The van der Waals surface area contributed by atoms with Crippen molar-refractivity contribution in [2.24, 2.45) is 0 Å². The molecular formula is C14H23N3O2. The smallest absolute Gasteiger partial charge is 0.242 e. The van der Waals surface area contributed by atoms with Crippen LogP contribution in [0, 0.1) is 0 Å². The van der Waals surface area contributed by atoms with Crippen molar-refractivity contribution in [1.29, 1.82) is 0 Å². The Hall–Kier alpha value is -1.62. The van der Waals surface area contributed by atoms with Crippen molar-refractivity contribution in [2.75, 3.05) is 31.6 Å². The van der Waals surface area contributed by atoms with E-state index in [0.717, 1.165) is 5.56 Å². The minimum atomic E-state index is -0.534. The van der Waals surface area contributed by atoms with Gasteiger partial charge in [-0.3, -0.25) is 4.79 Å². The molecule has 1 N–H and O–H groups in total. The van der Waals surface area contributed by atoms with Gasteiger partial charge in [-0.15, -0.1) is 0 Å². The molecule has 1 aromatic rings. The summed E-state index contributed by atoms with van der Waals surface area (Å²) >= 11 is 0. The van der Waals surface area contributed by atoms with E-state index in [2.05, 4.69) is 4.98 Å². The number of likely N-dealkylation sites (N-methyl/N-ethyl adjacent to an activating group) is 2. The molecule has 5 heteroatoms. The lowest BCUT2D eigenvalue weighted by molar-refractivity contribution is -0.129. The molecule has 1 atom stereocenters. The van der Waals surface area contributed by atoms with Crippen LogP contribution in [-0.2, 0) is 4.79 Å². The fourth-order valence-corrected chi connectivity index (χ4v) is 1.86. The fraction of sp³-hybridized carbons (Fsp3) is 0.571. The largest absolute Gasteiger partial charge is 0.389 e. The highest BCUT2D eigenvalue weighted by atomic mass is 16.3. The van der Waals surface area contributed by atoms with Crippen molar-refractivity contribution >= 4 is 11.7 Å². The Morgan fingerprint density at radius 2 is 2.05 bits per heavy atom. The van der Waals surface area contributed by atoms with Gasteiger partial charge in [0.05, 0.1) is 12.6 Å². The van der Waals surface area contributed by atoms with Gasteiger partial charge in [0.25, 0.3) is 0 Å². The van der Waals surface area contributed by atoms with Gasteiger partial charge in [-0.1, -0.05) is 0 Å². The van der Waals surface area contributed by atoms with Gasteiger partial charge in [0, 0.05) is 26.3 Å². The molecule has 1 unspecified atom stereocenters. The Balaban J connectivity index is 2.75. The summed E-state index contributed by atoms with van der Waals surface area (Å²) in [6.45, 7) is 7.36. The molecule has 0 radical (unpaired) electrons. The molecule has 0 aromatic carbocycles. The second kappa shape index (κ2) is 7.09. The fourth-order valence-electron chi connectivity index (χ4n) is 1.86. The number of carbonyl (C=O) groups excluding carboxylic acids is 1. The summed E-state index contributed by atoms with van der Waals surface area (Å²) in [5, 5.41) is 9.55. The van der Waals surface area contributed by atoms with E-state index in [4.69, 9.17) is 0 Å². The molecule has 19 heavy (non-hydrogen) atoms. The van der Waals surface area contributed by atoms with E-state index in [9.17, 15) is 9.90 Å². The highest BCUT2D eigenvalue weighted by Crippen LogP contribution is 2.16. The predicted molar refractivity (Wildman–Crippen MR) is 76.1 cm³/mol. The zero-order valence-corrected chi connectivity index (χ0v) is 12.1. The highest BCUT2D eigenvalue weighted by molar-refractivity contribution is 5.81. The third kappa shape index (κ3) is 4.21. The van der Waals surface area contributed by atoms with Crippen molar-refractivity contribution in [3.63, 3.8) is 0 Å². The molecule has 5 nitrogen and oxygen atoms in total. The maximum Gasteiger partial charge on any atom is 0.242 e. The first kappa shape index (κ1) is 15.4. The molecule has 106 valence electrons. The number of aliphatic hydroxyl groups excluding tert-OH is 1. The maximum atomic E-state index is 12.0. The lowest BCUT2D eigenvalue weighted by Crippen LogP contribution is -2.39. The van der Waals surface area contributed by atoms with Gasteiger partial charge in [-0.05, 0) is 38.5 Å². The van der Waals surface area contributed by atoms with E-state index in [1.165, 1.54) is 0 Å². The molecular weight excluding hydrogens is 242 g/mol. The van der Waals surface area contributed by atoms with Crippen LogP contribution in [0.3, 0.4) is 0 Å². The average Bonchev–Trinajstić information content (AvgIpc) is 2.40. The first-order chi connectivity index (χ1) is 8.99. The van der Waals surface area contributed by atoms with Gasteiger partial charge >= 0.3 is 0 Å². The number of carbonyl (C=O) groups is 1. The SMILES string of the molecule is CCN(CC)C(=O)CN(C)c1cc(C(C)O)ccn1. The normalized spacial score (nSPS) is 12.1. The van der Waals surface area contributed by atoms with Crippen molar-refractivity contribution in [2.45, 2.75) is 26.9 Å². The van der Waals surface area contributed by atoms with Gasteiger partial charge in [-0.25, -0.2) is 4.98 Å². The number of pyridine rings is 1. The molecule has 1 heterocycles. The molecule has 0 aliphatic carbocycles. The topological polar surface area (TPSA) is 56.7 Å². The monoisotopic (exact) mass is 265 g/mol. The van der Waals surface area contributed by atoms with Crippen molar-refractivity contribution < 1.29 is 9.90 Å². The van der Waals surface area contributed by atoms with Crippen LogP contribution in [-0.4, -0.2) is 47.6 Å². The molecule has 1 amide bonds. The first-order valence-corrected chi connectivity index (χ1v) is 6.62. The Bertz CT molecular complexity index is 417. The van der Waals surface area contributed by atoms with E-state index in [1.54, 1.807) is 35.1 Å². The lowest BCUT2D eigenvalue weighted by atomic mass is 10.2. The van der Waals surface area contributed by atoms with E-state index in [0.29, 0.717) is 18.9 Å². The minimum absolute atomic E-state index is 0.0803. The number of hydrogen-bond donors (Lipinski definition) is 1. The summed E-state index contributed by atoms with van der Waals surface area (Å²) in [6.07, 6.45) is 1.11. The van der Waals surface area contributed by atoms with Crippen LogP contribution in [0.25, 0.3) is 0 Å². The Kier molecular flexibility index (Phi) is 5.76. The third-order valence-corrected chi connectivity index (χ3v) is 3.13. The Labute approximate surface area is 114 Å². The second-order valence-corrected chi connectivity index (χ2v) is 4.55. The number of aliphatic hydroxyl groups is 1. The Morgan fingerprint density at radius 3 is 2.58 bits per heavy atom. The standard InChI is InChI=1S/C14H23N3O2/c1-5-17(6-2)14(19)10-16(4)13-9-12(11(3)18)7-8-15-13/h7-9,11,18H,5-6,10H2,1-4H3. The first-order valence-electron chi connectivity index (χ1n) is 6.62. The third-order valence-electron chi connectivity index (χ3n) is 3.13. The molecule has 0 saturated carbocycles. The van der Waals surface area contributed by atoms with Crippen molar-refractivity contribution in [3.8, 4) is 0 Å². The Morgan fingerprint density at radius 1 is 1.42 bits per heavy atom. The van der Waals surface area contributed by atoms with Gasteiger partial charge in [0.1, 0.15) is 5.82 Å². The molecule has 0 saturated heterocycles. The molecule has 0 spiro atoms. The number of amides is 1. The van der Waals surface area contributed by atoms with Gasteiger partial charge < -0.3 is 14.9 Å². The number of anilines is 1. The average molecular weight is 265 g/mol. The summed E-state index contributed by atoms with van der Waals surface area (Å²) in [5.74, 6) is 0.774. The molecule has 1 rings (SSSR count). The van der Waals surface area contributed by atoms with E-state index < -0.39 is 6.10 Å². The summed E-state index contributed by atoms with van der Waals surface area (Å²) in [6, 6.07) is 3.58. The summed E-state index contributed by atoms with van der Waals surface area (Å²) < 4.78 is 0. The van der Waals surface area contributed by atoms with Crippen LogP contribution in [0.2, 0.25) is 0 Å². The van der Waals surface area contributed by atoms with Crippen LogP contribution < -0.4 is 4.90 Å². The quantitative estimate of drug-likeness (QED) is 0.845. The molecule has 0 aliphatic rings. The summed E-state index contributed by atoms with van der Waals surface area (Å²) in [5.41, 5.74) is 0.798. The summed E-state index contributed by atoms with van der Waals surface area (Å²) in [7, 11) is 1.83. The van der Waals surface area contributed by atoms with Crippen LogP contribution >= 0.6 is 0 Å². The van der Waals surface area contributed by atoms with E-state index >= 15 is 0 Å². The molecule has 1 aromatic heterocycles. The highest BCUT2D eigenvalue weighted by Gasteiger charge is 2.14. The van der Waals surface area contributed by atoms with Crippen molar-refractivity contribution in [3.05, 3.63) is 23.9 Å². The number of aromatic nitrogens is 1. The lowest BCUT2D eigenvalue weighted by Gasteiger charge is -2.24. The van der Waals surface area contributed by atoms with E-state index in [1.807, 2.05) is 20.9 Å². The van der Waals surface area contributed by atoms with E-state index in [-0.39, 0.29) is 12.5 Å². The number of rotatable bonds is 6. The number of hydrogen-bond acceptors (Lipinski definition) is 4. The second-order valence-electron chi connectivity index (χ2n) is 4.55.